The first kappa shape index (κ1) is 16.0. The average molecular weight is 372 g/mol. The normalized spacial score (nSPS) is 18.2. The number of aliphatic hydroxyl groups excluding tert-OH is 1. The molecule has 3 N–H and O–H groups in total. The maximum atomic E-state index is 12.8. The predicted octanol–water partition coefficient (Wildman–Crippen LogP) is 2.55. The molecule has 3 aromatic rings. The minimum absolute atomic E-state index is 0.00386. The third-order valence-corrected chi connectivity index (χ3v) is 6.34. The third-order valence-electron chi connectivity index (χ3n) is 6.34. The molecule has 0 aromatic carbocycles. The highest BCUT2D eigenvalue weighted by Gasteiger charge is 2.49. The molecule has 28 heavy (non-hydrogen) atoms. The summed E-state index contributed by atoms with van der Waals surface area (Å²) in [7, 11) is 0. The summed E-state index contributed by atoms with van der Waals surface area (Å²) >= 11 is 0. The van der Waals surface area contributed by atoms with Gasteiger partial charge in [0, 0.05) is 41.2 Å². The number of hydrogen-bond donors (Lipinski definition) is 3. The SMILES string of the molecule is O=C1NC2(CC2)Cc2[nH]c3c(c21)CCc1cnc(-c2ccc(CO)nc2)cc1-3. The average Bonchev–Trinajstić information content (AvgIpc) is 3.34. The number of aryl methyl sites for hydroxylation is 1. The Bertz CT molecular complexity index is 1130. The number of pyridine rings is 2. The largest absolute Gasteiger partial charge is 0.390 e. The van der Waals surface area contributed by atoms with Crippen LogP contribution in [0.2, 0.25) is 0 Å². The molecule has 0 atom stereocenters. The molecule has 1 amide bonds. The zero-order valence-corrected chi connectivity index (χ0v) is 15.4. The van der Waals surface area contributed by atoms with Crippen LogP contribution in [0.4, 0.5) is 0 Å². The summed E-state index contributed by atoms with van der Waals surface area (Å²) in [5.74, 6) is 0.0813. The number of aromatic nitrogens is 3. The van der Waals surface area contributed by atoms with Crippen molar-refractivity contribution in [3.8, 4) is 22.5 Å². The molecule has 140 valence electrons. The van der Waals surface area contributed by atoms with E-state index in [1.807, 2.05) is 18.3 Å². The second-order valence-corrected chi connectivity index (χ2v) is 8.17. The number of nitrogens with one attached hydrogen (secondary N) is 2. The van der Waals surface area contributed by atoms with Crippen LogP contribution in [0.25, 0.3) is 22.5 Å². The Hall–Kier alpha value is -2.99. The minimum Gasteiger partial charge on any atom is -0.390 e. The molecule has 0 bridgehead atoms. The van der Waals surface area contributed by atoms with E-state index >= 15 is 0 Å². The van der Waals surface area contributed by atoms with Crippen molar-refractivity contribution in [2.75, 3.05) is 0 Å². The molecule has 2 aliphatic carbocycles. The van der Waals surface area contributed by atoms with Crippen LogP contribution in [0.3, 0.4) is 0 Å². The Balaban J connectivity index is 1.46. The number of aliphatic hydroxyl groups is 1. The van der Waals surface area contributed by atoms with E-state index in [1.54, 1.807) is 6.20 Å². The van der Waals surface area contributed by atoms with Crippen molar-refractivity contribution in [1.82, 2.24) is 20.3 Å². The molecule has 4 heterocycles. The Kier molecular flexibility index (Phi) is 3.15. The molecule has 6 nitrogen and oxygen atoms in total. The lowest BCUT2D eigenvalue weighted by Gasteiger charge is -2.24. The highest BCUT2D eigenvalue weighted by molar-refractivity contribution is 6.01. The van der Waals surface area contributed by atoms with Crippen LogP contribution in [0.5, 0.6) is 0 Å². The third kappa shape index (κ3) is 2.27. The van der Waals surface area contributed by atoms with Gasteiger partial charge in [-0.2, -0.15) is 0 Å². The Morgan fingerprint density at radius 1 is 1.14 bits per heavy atom. The second-order valence-electron chi connectivity index (χ2n) is 8.17. The number of nitrogens with zero attached hydrogens (tertiary/aromatic N) is 2. The van der Waals surface area contributed by atoms with Crippen LogP contribution >= 0.6 is 0 Å². The molecule has 0 saturated heterocycles. The molecule has 3 aromatic heterocycles. The number of carbonyl (C=O) groups is 1. The number of carbonyl (C=O) groups excluding carboxylic acids is 1. The smallest absolute Gasteiger partial charge is 0.253 e. The van der Waals surface area contributed by atoms with E-state index in [2.05, 4.69) is 26.3 Å². The van der Waals surface area contributed by atoms with Crippen molar-refractivity contribution in [3.63, 3.8) is 0 Å². The van der Waals surface area contributed by atoms with Crippen LogP contribution < -0.4 is 5.32 Å². The van der Waals surface area contributed by atoms with Gasteiger partial charge in [-0.25, -0.2) is 0 Å². The van der Waals surface area contributed by atoms with Crippen LogP contribution in [-0.4, -0.2) is 31.5 Å². The van der Waals surface area contributed by atoms with Crippen LogP contribution in [-0.2, 0) is 25.9 Å². The standard InChI is InChI=1S/C22H20N4O2/c27-11-14-3-1-13(10-23-14)17-7-16-12(9-24-17)2-4-15-19-18(25-20(15)16)8-22(5-6-22)26-21(19)28/h1,3,7,9-10,25,27H,2,4-6,8,11H2,(H,26,28). The maximum Gasteiger partial charge on any atom is 0.253 e. The van der Waals surface area contributed by atoms with Crippen molar-refractivity contribution in [1.29, 1.82) is 0 Å². The van der Waals surface area contributed by atoms with Crippen LogP contribution in [0, 0.1) is 0 Å². The van der Waals surface area contributed by atoms with E-state index in [9.17, 15) is 9.90 Å². The fraction of sp³-hybridized carbons (Fsp3) is 0.318. The molecular weight excluding hydrogens is 352 g/mol. The zero-order chi connectivity index (χ0) is 18.9. The first-order chi connectivity index (χ1) is 13.7. The van der Waals surface area contributed by atoms with Gasteiger partial charge < -0.3 is 15.4 Å². The minimum atomic E-state index is -0.0706. The monoisotopic (exact) mass is 372 g/mol. The lowest BCUT2D eigenvalue weighted by molar-refractivity contribution is 0.0917. The zero-order valence-electron chi connectivity index (χ0n) is 15.4. The van der Waals surface area contributed by atoms with E-state index < -0.39 is 0 Å². The van der Waals surface area contributed by atoms with Gasteiger partial charge in [-0.15, -0.1) is 0 Å². The molecule has 1 spiro atoms. The lowest BCUT2D eigenvalue weighted by Crippen LogP contribution is -2.43. The Morgan fingerprint density at radius 3 is 2.79 bits per heavy atom. The summed E-state index contributed by atoms with van der Waals surface area (Å²) < 4.78 is 0. The van der Waals surface area contributed by atoms with Gasteiger partial charge in [0.05, 0.1) is 29.3 Å². The molecule has 1 aliphatic heterocycles. The van der Waals surface area contributed by atoms with Crippen molar-refractivity contribution >= 4 is 5.91 Å². The molecule has 0 unspecified atom stereocenters. The van der Waals surface area contributed by atoms with Gasteiger partial charge in [-0.05, 0) is 55.0 Å². The number of H-pyrrole nitrogens is 1. The first-order valence-electron chi connectivity index (χ1n) is 9.77. The molecule has 1 saturated carbocycles. The van der Waals surface area contributed by atoms with Gasteiger partial charge in [0.25, 0.3) is 5.91 Å². The molecule has 0 radical (unpaired) electrons. The number of rotatable bonds is 2. The Labute approximate surface area is 162 Å². The van der Waals surface area contributed by atoms with Crippen molar-refractivity contribution in [2.45, 2.75) is 44.2 Å². The van der Waals surface area contributed by atoms with Crippen molar-refractivity contribution in [2.24, 2.45) is 0 Å². The van der Waals surface area contributed by atoms with E-state index in [0.717, 1.165) is 71.4 Å². The summed E-state index contributed by atoms with van der Waals surface area (Å²) in [6.45, 7) is -0.0706. The topological polar surface area (TPSA) is 90.9 Å². The van der Waals surface area contributed by atoms with Gasteiger partial charge in [-0.3, -0.25) is 14.8 Å². The highest BCUT2D eigenvalue weighted by atomic mass is 16.3. The maximum absolute atomic E-state index is 12.8. The van der Waals surface area contributed by atoms with E-state index in [1.165, 1.54) is 5.56 Å². The summed E-state index contributed by atoms with van der Waals surface area (Å²) in [5.41, 5.74) is 8.91. The molecule has 3 aliphatic rings. The fourth-order valence-electron chi connectivity index (χ4n) is 4.62. The predicted molar refractivity (Wildman–Crippen MR) is 104 cm³/mol. The van der Waals surface area contributed by atoms with Crippen molar-refractivity contribution in [3.05, 3.63) is 58.7 Å². The fourth-order valence-corrected chi connectivity index (χ4v) is 4.62. The summed E-state index contributed by atoms with van der Waals surface area (Å²) in [5, 5.41) is 12.4. The molecule has 6 heteroatoms. The summed E-state index contributed by atoms with van der Waals surface area (Å²) in [6.07, 6.45) is 8.49. The molecular formula is C22H20N4O2. The first-order valence-corrected chi connectivity index (χ1v) is 9.77. The number of fused-ring (bicyclic) bond motifs is 5. The lowest BCUT2D eigenvalue weighted by atomic mass is 9.87. The van der Waals surface area contributed by atoms with E-state index in [0.29, 0.717) is 5.69 Å². The molecule has 1 fully saturated rings. The van der Waals surface area contributed by atoms with Crippen molar-refractivity contribution < 1.29 is 9.90 Å². The van der Waals surface area contributed by atoms with Crippen LogP contribution in [0.15, 0.2) is 30.6 Å². The van der Waals surface area contributed by atoms with Gasteiger partial charge in [-0.1, -0.05) is 0 Å². The van der Waals surface area contributed by atoms with Crippen LogP contribution in [0.1, 0.15) is 45.7 Å². The van der Waals surface area contributed by atoms with E-state index in [4.69, 9.17) is 0 Å². The van der Waals surface area contributed by atoms with E-state index in [-0.39, 0.29) is 18.1 Å². The van der Waals surface area contributed by atoms with Gasteiger partial charge in [0.15, 0.2) is 0 Å². The summed E-state index contributed by atoms with van der Waals surface area (Å²) in [6, 6.07) is 5.84. The van der Waals surface area contributed by atoms with Gasteiger partial charge in [0.1, 0.15) is 0 Å². The Morgan fingerprint density at radius 2 is 2.04 bits per heavy atom. The quantitative estimate of drug-likeness (QED) is 0.645. The molecule has 6 rings (SSSR count). The van der Waals surface area contributed by atoms with Gasteiger partial charge >= 0.3 is 0 Å². The number of hydrogen-bond acceptors (Lipinski definition) is 4. The highest BCUT2D eigenvalue weighted by Crippen LogP contribution is 2.45. The van der Waals surface area contributed by atoms with Gasteiger partial charge in [0.2, 0.25) is 0 Å². The number of aromatic amines is 1. The number of amides is 1. The summed E-state index contributed by atoms with van der Waals surface area (Å²) in [4.78, 5) is 25.2. The second kappa shape index (κ2) is 5.52.